The van der Waals surface area contributed by atoms with Crippen molar-refractivity contribution in [3.05, 3.63) is 107 Å². The molecule has 0 aliphatic carbocycles. The van der Waals surface area contributed by atoms with Crippen molar-refractivity contribution >= 4 is 11.6 Å². The number of carbonyl (C=O) groups excluding carboxylic acids is 1. The fraction of sp³-hybridized carbons (Fsp3) is 0.200. The van der Waals surface area contributed by atoms with Crippen LogP contribution in [-0.2, 0) is 11.4 Å². The maximum absolute atomic E-state index is 14.3. The molecule has 1 heterocycles. The minimum Gasteiger partial charge on any atom is -0.390 e. The Kier molecular flexibility index (Phi) is 6.07. The minimum atomic E-state index is -0.616. The van der Waals surface area contributed by atoms with Gasteiger partial charge in [-0.25, -0.2) is 8.78 Å². The molecule has 31 heavy (non-hydrogen) atoms. The summed E-state index contributed by atoms with van der Waals surface area (Å²) in [5.41, 5.74) is 3.16. The monoisotopic (exact) mass is 420 g/mol. The Balaban J connectivity index is 1.55. The highest BCUT2D eigenvalue weighted by Gasteiger charge is 2.29. The van der Waals surface area contributed by atoms with Gasteiger partial charge in [0.05, 0.1) is 17.8 Å². The lowest BCUT2D eigenvalue weighted by molar-refractivity contribution is 0.0400. The summed E-state index contributed by atoms with van der Waals surface area (Å²) in [5, 5.41) is 4.21. The van der Waals surface area contributed by atoms with Crippen molar-refractivity contribution in [3.8, 4) is 0 Å². The first-order valence-electron chi connectivity index (χ1n) is 10.1. The van der Waals surface area contributed by atoms with Crippen LogP contribution < -0.4 is 0 Å². The van der Waals surface area contributed by atoms with Crippen molar-refractivity contribution in [2.45, 2.75) is 26.0 Å². The molecular weight excluding hydrogens is 398 g/mol. The number of hydrogen-bond acceptors (Lipinski definition) is 3. The maximum Gasteiger partial charge on any atom is 0.257 e. The molecule has 4 rings (SSSR count). The van der Waals surface area contributed by atoms with Gasteiger partial charge in [-0.05, 0) is 30.7 Å². The van der Waals surface area contributed by atoms with Gasteiger partial charge in [0.2, 0.25) is 0 Å². The van der Waals surface area contributed by atoms with E-state index in [0.717, 1.165) is 16.8 Å². The molecule has 0 saturated carbocycles. The minimum absolute atomic E-state index is 0.000596. The maximum atomic E-state index is 14.3. The van der Waals surface area contributed by atoms with Crippen LogP contribution in [0, 0.1) is 18.6 Å². The zero-order valence-electron chi connectivity index (χ0n) is 17.1. The van der Waals surface area contributed by atoms with Gasteiger partial charge in [-0.3, -0.25) is 4.79 Å². The van der Waals surface area contributed by atoms with Crippen LogP contribution in [-0.4, -0.2) is 29.2 Å². The van der Waals surface area contributed by atoms with Crippen LogP contribution in [0.4, 0.5) is 8.78 Å². The fourth-order valence-corrected chi connectivity index (χ4v) is 3.68. The first kappa shape index (κ1) is 20.7. The lowest BCUT2D eigenvalue weighted by Crippen LogP contribution is -2.38. The van der Waals surface area contributed by atoms with Crippen molar-refractivity contribution in [3.63, 3.8) is 0 Å². The van der Waals surface area contributed by atoms with Crippen molar-refractivity contribution in [1.82, 2.24) is 4.90 Å². The van der Waals surface area contributed by atoms with E-state index in [0.29, 0.717) is 12.0 Å². The van der Waals surface area contributed by atoms with Crippen molar-refractivity contribution in [2.75, 3.05) is 6.54 Å². The molecule has 0 N–H and O–H groups in total. The molecule has 1 aliphatic heterocycles. The van der Waals surface area contributed by atoms with Crippen LogP contribution in [0.15, 0.2) is 78.0 Å². The Hall–Kier alpha value is -3.54. The lowest BCUT2D eigenvalue weighted by Gasteiger charge is -2.25. The van der Waals surface area contributed by atoms with Gasteiger partial charge < -0.3 is 9.74 Å². The Labute approximate surface area is 179 Å². The third-order valence-corrected chi connectivity index (χ3v) is 5.32. The highest BCUT2D eigenvalue weighted by molar-refractivity contribution is 6.02. The number of hydrogen-bond donors (Lipinski definition) is 0. The molecule has 0 aromatic heterocycles. The van der Waals surface area contributed by atoms with Gasteiger partial charge in [-0.2, -0.15) is 0 Å². The van der Waals surface area contributed by atoms with E-state index >= 15 is 0 Å². The van der Waals surface area contributed by atoms with Crippen molar-refractivity contribution < 1.29 is 18.4 Å². The molecule has 1 amide bonds. The summed E-state index contributed by atoms with van der Waals surface area (Å²) in [7, 11) is 0. The quantitative estimate of drug-likeness (QED) is 0.556. The Morgan fingerprint density at radius 3 is 2.42 bits per heavy atom. The second kappa shape index (κ2) is 9.08. The fourth-order valence-electron chi connectivity index (χ4n) is 3.68. The second-order valence-electron chi connectivity index (χ2n) is 7.54. The van der Waals surface area contributed by atoms with Crippen LogP contribution in [0.2, 0.25) is 0 Å². The van der Waals surface area contributed by atoms with Crippen LogP contribution in [0.5, 0.6) is 0 Å². The number of halogens is 2. The van der Waals surface area contributed by atoms with Crippen molar-refractivity contribution in [2.24, 2.45) is 5.16 Å². The van der Waals surface area contributed by atoms with E-state index in [1.807, 2.05) is 31.2 Å². The van der Waals surface area contributed by atoms with E-state index in [1.165, 1.54) is 29.2 Å². The predicted molar refractivity (Wildman–Crippen MR) is 115 cm³/mol. The van der Waals surface area contributed by atoms with E-state index in [-0.39, 0.29) is 18.7 Å². The lowest BCUT2D eigenvalue weighted by atomic mass is 10.00. The topological polar surface area (TPSA) is 41.9 Å². The summed E-state index contributed by atoms with van der Waals surface area (Å²) in [4.78, 5) is 20.2. The van der Waals surface area contributed by atoms with Crippen molar-refractivity contribution in [1.29, 1.82) is 0 Å². The molecule has 1 unspecified atom stereocenters. The normalized spacial score (nSPS) is 15.3. The molecule has 3 aromatic rings. The Morgan fingerprint density at radius 1 is 1.00 bits per heavy atom. The summed E-state index contributed by atoms with van der Waals surface area (Å²) in [6, 6.07) is 19.9. The summed E-state index contributed by atoms with van der Waals surface area (Å²) < 4.78 is 28.6. The zero-order chi connectivity index (χ0) is 21.8. The highest BCUT2D eigenvalue weighted by Crippen LogP contribution is 2.22. The zero-order valence-corrected chi connectivity index (χ0v) is 17.1. The Morgan fingerprint density at radius 2 is 1.68 bits per heavy atom. The van der Waals surface area contributed by atoms with E-state index in [9.17, 15) is 13.6 Å². The third kappa shape index (κ3) is 4.63. The summed E-state index contributed by atoms with van der Waals surface area (Å²) in [6.07, 6.45) is 0.0977. The molecule has 4 nitrogen and oxygen atoms in total. The SMILES string of the molecule is Cc1ccccc1C1=NOC(CN(Cc2ccccc2F)C(=O)c2ccccc2F)C1. The first-order valence-corrected chi connectivity index (χ1v) is 10.1. The number of nitrogens with zero attached hydrogens (tertiary/aromatic N) is 2. The van der Waals surface area contributed by atoms with Gasteiger partial charge in [0.1, 0.15) is 11.6 Å². The van der Waals surface area contributed by atoms with E-state index in [2.05, 4.69) is 5.16 Å². The van der Waals surface area contributed by atoms with Gasteiger partial charge in [0.25, 0.3) is 5.91 Å². The van der Waals surface area contributed by atoms with E-state index in [1.54, 1.807) is 24.3 Å². The summed E-state index contributed by atoms with van der Waals surface area (Å²) in [5.74, 6) is -1.55. The number of aryl methyl sites for hydroxylation is 1. The molecule has 0 saturated heterocycles. The van der Waals surface area contributed by atoms with Gasteiger partial charge in [-0.15, -0.1) is 0 Å². The van der Waals surface area contributed by atoms with E-state index in [4.69, 9.17) is 4.84 Å². The molecule has 0 bridgehead atoms. The number of benzene rings is 3. The van der Waals surface area contributed by atoms with Crippen LogP contribution in [0.3, 0.4) is 0 Å². The van der Waals surface area contributed by atoms with Crippen LogP contribution in [0.25, 0.3) is 0 Å². The standard InChI is InChI=1S/C25H22F2N2O2/c1-17-8-2-4-10-20(17)24-14-19(31-28-24)16-29(15-18-9-3-6-12-22(18)26)25(30)21-11-5-7-13-23(21)27/h2-13,19H,14-16H2,1H3. The number of amides is 1. The number of rotatable bonds is 6. The number of carbonyl (C=O) groups is 1. The Bertz CT molecular complexity index is 1130. The molecule has 3 aromatic carbocycles. The van der Waals surface area contributed by atoms with Crippen LogP contribution in [0.1, 0.15) is 33.5 Å². The third-order valence-electron chi connectivity index (χ3n) is 5.32. The van der Waals surface area contributed by atoms with E-state index < -0.39 is 23.6 Å². The molecule has 6 heteroatoms. The largest absolute Gasteiger partial charge is 0.390 e. The second-order valence-corrected chi connectivity index (χ2v) is 7.54. The summed E-state index contributed by atoms with van der Waals surface area (Å²) in [6.45, 7) is 2.15. The predicted octanol–water partition coefficient (Wildman–Crippen LogP) is 5.11. The molecule has 158 valence electrons. The molecule has 0 radical (unpaired) electrons. The highest BCUT2D eigenvalue weighted by atomic mass is 19.1. The molecule has 0 spiro atoms. The van der Waals surface area contributed by atoms with Gasteiger partial charge in [0.15, 0.2) is 6.10 Å². The van der Waals surface area contributed by atoms with Crippen LogP contribution >= 0.6 is 0 Å². The number of oxime groups is 1. The molecule has 1 aliphatic rings. The molecular formula is C25H22F2N2O2. The summed E-state index contributed by atoms with van der Waals surface area (Å²) >= 11 is 0. The first-order chi connectivity index (χ1) is 15.0. The van der Waals surface area contributed by atoms with Gasteiger partial charge >= 0.3 is 0 Å². The average Bonchev–Trinajstić information content (AvgIpc) is 3.23. The van der Waals surface area contributed by atoms with Gasteiger partial charge in [-0.1, -0.05) is 59.8 Å². The smallest absolute Gasteiger partial charge is 0.257 e. The average molecular weight is 420 g/mol. The molecule has 1 atom stereocenters. The van der Waals surface area contributed by atoms with Gasteiger partial charge in [0, 0.05) is 24.1 Å². The molecule has 0 fully saturated rings.